The van der Waals surface area contributed by atoms with Crippen molar-refractivity contribution in [2.24, 2.45) is 17.3 Å². The van der Waals surface area contributed by atoms with E-state index in [2.05, 4.69) is 34.6 Å². The lowest BCUT2D eigenvalue weighted by Gasteiger charge is -2.25. The van der Waals surface area contributed by atoms with E-state index in [4.69, 9.17) is 0 Å². The molecule has 1 rings (SSSR count). The third-order valence-corrected chi connectivity index (χ3v) is 3.48. The second-order valence-electron chi connectivity index (χ2n) is 6.73. The standard InChI is InChI=1S/C14H25NO2/c1-10(2)11-6-12(9-16)15(8-11)13(17)7-14(3,4)5/h9-12H,6-8H2,1-5H3/t11-,12+/m1/s1. The van der Waals surface area contributed by atoms with Crippen LogP contribution in [-0.4, -0.2) is 29.7 Å². The maximum atomic E-state index is 12.2. The first-order valence-corrected chi connectivity index (χ1v) is 6.49. The van der Waals surface area contributed by atoms with Crippen LogP contribution in [-0.2, 0) is 9.59 Å². The Bertz CT molecular complexity index is 291. The molecule has 0 saturated carbocycles. The molecule has 2 atom stereocenters. The van der Waals surface area contributed by atoms with Crippen molar-refractivity contribution in [3.05, 3.63) is 0 Å². The molecule has 0 N–H and O–H groups in total. The molecule has 1 heterocycles. The van der Waals surface area contributed by atoms with Crippen molar-refractivity contribution in [3.8, 4) is 0 Å². The van der Waals surface area contributed by atoms with Crippen molar-refractivity contribution in [3.63, 3.8) is 0 Å². The van der Waals surface area contributed by atoms with Gasteiger partial charge in [-0.1, -0.05) is 34.6 Å². The Morgan fingerprint density at radius 2 is 2.00 bits per heavy atom. The summed E-state index contributed by atoms with van der Waals surface area (Å²) < 4.78 is 0. The van der Waals surface area contributed by atoms with Gasteiger partial charge in [0.15, 0.2) is 0 Å². The Labute approximate surface area is 105 Å². The monoisotopic (exact) mass is 239 g/mol. The Morgan fingerprint density at radius 1 is 1.41 bits per heavy atom. The summed E-state index contributed by atoms with van der Waals surface area (Å²) >= 11 is 0. The van der Waals surface area contributed by atoms with Crippen molar-refractivity contribution in [2.45, 2.75) is 53.5 Å². The summed E-state index contributed by atoms with van der Waals surface area (Å²) in [4.78, 5) is 25.0. The molecule has 0 aliphatic carbocycles. The fourth-order valence-electron chi connectivity index (χ4n) is 2.35. The molecule has 0 bridgehead atoms. The van der Waals surface area contributed by atoms with Gasteiger partial charge in [-0.2, -0.15) is 0 Å². The number of carbonyl (C=O) groups excluding carboxylic acids is 2. The molecule has 3 nitrogen and oxygen atoms in total. The van der Waals surface area contributed by atoms with E-state index in [1.165, 1.54) is 0 Å². The minimum atomic E-state index is -0.197. The number of likely N-dealkylation sites (tertiary alicyclic amines) is 1. The molecule has 1 aliphatic rings. The first-order valence-electron chi connectivity index (χ1n) is 6.49. The average molecular weight is 239 g/mol. The number of carbonyl (C=O) groups is 2. The first kappa shape index (κ1) is 14.2. The van der Waals surface area contributed by atoms with Crippen molar-refractivity contribution in [1.82, 2.24) is 4.90 Å². The van der Waals surface area contributed by atoms with E-state index in [0.29, 0.717) is 18.3 Å². The van der Waals surface area contributed by atoms with Gasteiger partial charge in [0, 0.05) is 13.0 Å². The van der Waals surface area contributed by atoms with Crippen LogP contribution in [0.4, 0.5) is 0 Å². The van der Waals surface area contributed by atoms with E-state index in [1.54, 1.807) is 4.90 Å². The smallest absolute Gasteiger partial charge is 0.223 e. The third kappa shape index (κ3) is 3.83. The summed E-state index contributed by atoms with van der Waals surface area (Å²) in [6.45, 7) is 11.2. The average Bonchev–Trinajstić information content (AvgIpc) is 2.58. The predicted octanol–water partition coefficient (Wildman–Crippen LogP) is 2.49. The molecule has 1 aliphatic heterocycles. The summed E-state index contributed by atoms with van der Waals surface area (Å²) in [6.07, 6.45) is 2.28. The van der Waals surface area contributed by atoms with Gasteiger partial charge in [0.05, 0.1) is 6.04 Å². The Kier molecular flexibility index (Phi) is 4.34. The van der Waals surface area contributed by atoms with Crippen LogP contribution >= 0.6 is 0 Å². The van der Waals surface area contributed by atoms with Crippen LogP contribution in [0.15, 0.2) is 0 Å². The van der Waals surface area contributed by atoms with Gasteiger partial charge in [-0.25, -0.2) is 0 Å². The quantitative estimate of drug-likeness (QED) is 0.710. The van der Waals surface area contributed by atoms with E-state index in [-0.39, 0.29) is 17.4 Å². The van der Waals surface area contributed by atoms with Crippen LogP contribution in [0.2, 0.25) is 0 Å². The predicted molar refractivity (Wildman–Crippen MR) is 68.6 cm³/mol. The molecule has 3 heteroatoms. The molecular formula is C14H25NO2. The summed E-state index contributed by atoms with van der Waals surface area (Å²) in [5.41, 5.74) is -0.0135. The van der Waals surface area contributed by atoms with Crippen LogP contribution in [0.3, 0.4) is 0 Å². The number of nitrogens with zero attached hydrogens (tertiary/aromatic N) is 1. The summed E-state index contributed by atoms with van der Waals surface area (Å²) in [5, 5.41) is 0. The van der Waals surface area contributed by atoms with E-state index >= 15 is 0 Å². The van der Waals surface area contributed by atoms with Gasteiger partial charge in [0.2, 0.25) is 5.91 Å². The largest absolute Gasteiger partial charge is 0.333 e. The van der Waals surface area contributed by atoms with Gasteiger partial charge >= 0.3 is 0 Å². The number of amides is 1. The number of hydrogen-bond donors (Lipinski definition) is 0. The van der Waals surface area contributed by atoms with E-state index in [1.807, 2.05) is 0 Å². The van der Waals surface area contributed by atoms with Gasteiger partial charge < -0.3 is 9.69 Å². The molecule has 17 heavy (non-hydrogen) atoms. The SMILES string of the molecule is CC(C)[C@@H]1C[C@@H](C=O)N(C(=O)CC(C)(C)C)C1. The normalized spacial score (nSPS) is 25.4. The zero-order chi connectivity index (χ0) is 13.2. The fourth-order valence-corrected chi connectivity index (χ4v) is 2.35. The second-order valence-corrected chi connectivity index (χ2v) is 6.73. The highest BCUT2D eigenvalue weighted by molar-refractivity contribution is 5.81. The molecule has 1 amide bonds. The summed E-state index contributed by atoms with van der Waals surface area (Å²) in [7, 11) is 0. The molecule has 0 aromatic heterocycles. The van der Waals surface area contributed by atoms with Gasteiger partial charge in [-0.3, -0.25) is 4.79 Å². The van der Waals surface area contributed by atoms with Gasteiger partial charge in [0.1, 0.15) is 6.29 Å². The topological polar surface area (TPSA) is 37.4 Å². The molecular weight excluding hydrogens is 214 g/mol. The third-order valence-electron chi connectivity index (χ3n) is 3.48. The lowest BCUT2D eigenvalue weighted by atomic mass is 9.91. The van der Waals surface area contributed by atoms with Crippen LogP contribution in [0.25, 0.3) is 0 Å². The van der Waals surface area contributed by atoms with Crippen molar-refractivity contribution < 1.29 is 9.59 Å². The Balaban J connectivity index is 2.69. The van der Waals surface area contributed by atoms with Gasteiger partial charge in [0.25, 0.3) is 0 Å². The molecule has 0 aromatic carbocycles. The summed E-state index contributed by atoms with van der Waals surface area (Å²) in [5.74, 6) is 1.12. The molecule has 0 aromatic rings. The van der Waals surface area contributed by atoms with Crippen LogP contribution < -0.4 is 0 Å². The van der Waals surface area contributed by atoms with Crippen molar-refractivity contribution >= 4 is 12.2 Å². The zero-order valence-electron chi connectivity index (χ0n) is 11.7. The first-order chi connectivity index (χ1) is 7.74. The highest BCUT2D eigenvalue weighted by Gasteiger charge is 2.37. The highest BCUT2D eigenvalue weighted by atomic mass is 16.2. The van der Waals surface area contributed by atoms with Crippen LogP contribution in [0, 0.1) is 17.3 Å². The van der Waals surface area contributed by atoms with Crippen LogP contribution in [0.5, 0.6) is 0 Å². The Hall–Kier alpha value is -0.860. The molecule has 1 fully saturated rings. The minimum Gasteiger partial charge on any atom is -0.333 e. The zero-order valence-corrected chi connectivity index (χ0v) is 11.7. The van der Waals surface area contributed by atoms with Crippen molar-refractivity contribution in [2.75, 3.05) is 6.54 Å². The fraction of sp³-hybridized carbons (Fsp3) is 0.857. The van der Waals surface area contributed by atoms with Crippen LogP contribution in [0.1, 0.15) is 47.5 Å². The highest BCUT2D eigenvalue weighted by Crippen LogP contribution is 2.30. The van der Waals surface area contributed by atoms with E-state index in [0.717, 1.165) is 19.3 Å². The molecule has 0 spiro atoms. The lowest BCUT2D eigenvalue weighted by Crippen LogP contribution is -2.38. The molecule has 0 radical (unpaired) electrons. The molecule has 98 valence electrons. The molecule has 0 unspecified atom stereocenters. The maximum Gasteiger partial charge on any atom is 0.223 e. The van der Waals surface area contributed by atoms with E-state index in [9.17, 15) is 9.59 Å². The maximum absolute atomic E-state index is 12.2. The van der Waals surface area contributed by atoms with Gasteiger partial charge in [-0.05, 0) is 23.7 Å². The number of rotatable bonds is 3. The van der Waals surface area contributed by atoms with E-state index < -0.39 is 0 Å². The molecule has 1 saturated heterocycles. The Morgan fingerprint density at radius 3 is 2.41 bits per heavy atom. The number of aldehydes is 1. The lowest BCUT2D eigenvalue weighted by molar-refractivity contribution is -0.136. The second kappa shape index (κ2) is 5.19. The van der Waals surface area contributed by atoms with Crippen molar-refractivity contribution in [1.29, 1.82) is 0 Å². The minimum absolute atomic E-state index is 0.0135. The number of hydrogen-bond acceptors (Lipinski definition) is 2. The summed E-state index contributed by atoms with van der Waals surface area (Å²) in [6, 6.07) is -0.197. The van der Waals surface area contributed by atoms with Gasteiger partial charge in [-0.15, -0.1) is 0 Å².